The van der Waals surface area contributed by atoms with Gasteiger partial charge in [0.1, 0.15) is 0 Å². The first-order valence-electron chi connectivity index (χ1n) is 8.13. The third kappa shape index (κ3) is 3.32. The summed E-state index contributed by atoms with van der Waals surface area (Å²) in [4.78, 5) is 4.87. The fraction of sp³-hybridized carbons (Fsp3) is 0.111. The van der Waals surface area contributed by atoms with Crippen molar-refractivity contribution in [3.8, 4) is 11.3 Å². The fourth-order valence-electron chi connectivity index (χ4n) is 2.66. The van der Waals surface area contributed by atoms with E-state index < -0.39 is 10.0 Å². The Morgan fingerprint density at radius 1 is 1.11 bits per heavy atom. The van der Waals surface area contributed by atoms with Gasteiger partial charge in [0.05, 0.1) is 28.0 Å². The lowest BCUT2D eigenvalue weighted by molar-refractivity contribution is 0.521. The highest BCUT2D eigenvalue weighted by molar-refractivity contribution is 7.89. The smallest absolute Gasteiger partial charge is 0.242 e. The number of aromatic nitrogens is 3. The molecule has 4 rings (SSSR count). The van der Waals surface area contributed by atoms with Crippen LogP contribution < -0.4 is 5.32 Å². The molecular weight excluding hydrogens is 382 g/mol. The molecule has 0 bridgehead atoms. The maximum atomic E-state index is 12.2. The zero-order valence-electron chi connectivity index (χ0n) is 14.7. The second-order valence-electron chi connectivity index (χ2n) is 6.11. The fourth-order valence-corrected chi connectivity index (χ4v) is 4.30. The molecular formula is C18H17N5O2S2. The molecule has 0 spiro atoms. The van der Waals surface area contributed by atoms with Gasteiger partial charge in [-0.25, -0.2) is 17.7 Å². The van der Waals surface area contributed by atoms with Crippen molar-refractivity contribution in [3.05, 3.63) is 54.0 Å². The first-order valence-corrected chi connectivity index (χ1v) is 10.4. The average Bonchev–Trinajstić information content (AvgIpc) is 3.31. The summed E-state index contributed by atoms with van der Waals surface area (Å²) in [6, 6.07) is 12.6. The Kier molecular flexibility index (Phi) is 4.42. The van der Waals surface area contributed by atoms with Gasteiger partial charge in [0.15, 0.2) is 5.13 Å². The van der Waals surface area contributed by atoms with E-state index in [4.69, 9.17) is 0 Å². The molecule has 0 aliphatic heterocycles. The van der Waals surface area contributed by atoms with Gasteiger partial charge in [-0.3, -0.25) is 5.10 Å². The molecule has 2 aromatic carbocycles. The molecule has 0 saturated heterocycles. The average molecular weight is 400 g/mol. The van der Waals surface area contributed by atoms with Gasteiger partial charge < -0.3 is 5.32 Å². The number of aromatic amines is 1. The summed E-state index contributed by atoms with van der Waals surface area (Å²) < 4.78 is 25.5. The molecule has 7 nitrogen and oxygen atoms in total. The third-order valence-corrected chi connectivity index (χ3v) is 6.75. The van der Waals surface area contributed by atoms with E-state index in [0.717, 1.165) is 33.0 Å². The van der Waals surface area contributed by atoms with Gasteiger partial charge in [-0.2, -0.15) is 5.10 Å². The first-order chi connectivity index (χ1) is 12.9. The molecule has 0 saturated carbocycles. The summed E-state index contributed by atoms with van der Waals surface area (Å²) in [6.45, 7) is 0. The maximum Gasteiger partial charge on any atom is 0.242 e. The Morgan fingerprint density at radius 3 is 2.63 bits per heavy atom. The molecule has 9 heteroatoms. The Balaban J connectivity index is 1.59. The molecule has 0 fully saturated rings. The summed E-state index contributed by atoms with van der Waals surface area (Å²) in [5.74, 6) is 0. The summed E-state index contributed by atoms with van der Waals surface area (Å²) in [6.07, 6.45) is 1.77. The Morgan fingerprint density at radius 2 is 1.89 bits per heavy atom. The number of hydrogen-bond donors (Lipinski definition) is 2. The van der Waals surface area contributed by atoms with Gasteiger partial charge in [-0.05, 0) is 24.3 Å². The maximum absolute atomic E-state index is 12.2. The molecule has 2 heterocycles. The number of anilines is 2. The van der Waals surface area contributed by atoms with Gasteiger partial charge >= 0.3 is 0 Å². The van der Waals surface area contributed by atoms with Crippen molar-refractivity contribution in [1.29, 1.82) is 0 Å². The van der Waals surface area contributed by atoms with Crippen LogP contribution >= 0.6 is 11.3 Å². The van der Waals surface area contributed by atoms with Crippen molar-refractivity contribution in [1.82, 2.24) is 19.5 Å². The van der Waals surface area contributed by atoms with Crippen LogP contribution in [0, 0.1) is 0 Å². The summed E-state index contributed by atoms with van der Waals surface area (Å²) in [5.41, 5.74) is 3.53. The van der Waals surface area contributed by atoms with Gasteiger partial charge in [0.2, 0.25) is 10.0 Å². The van der Waals surface area contributed by atoms with Crippen molar-refractivity contribution in [2.45, 2.75) is 4.90 Å². The van der Waals surface area contributed by atoms with E-state index in [1.807, 2.05) is 23.6 Å². The Labute approximate surface area is 160 Å². The molecule has 0 radical (unpaired) electrons. The summed E-state index contributed by atoms with van der Waals surface area (Å²) in [7, 11) is -0.400. The van der Waals surface area contributed by atoms with Crippen LogP contribution in [0.2, 0.25) is 0 Å². The van der Waals surface area contributed by atoms with Crippen molar-refractivity contribution in [3.63, 3.8) is 0 Å². The minimum absolute atomic E-state index is 0.261. The SMILES string of the molecule is CN(C)S(=O)(=O)c1ccc(-c2csc(Nc3cccc4[nH]ncc34)n2)cc1. The molecule has 2 N–H and O–H groups in total. The number of rotatable bonds is 5. The van der Waals surface area contributed by atoms with Crippen LogP contribution in [-0.4, -0.2) is 42.0 Å². The predicted octanol–water partition coefficient (Wildman–Crippen LogP) is 3.68. The molecule has 4 aromatic rings. The van der Waals surface area contributed by atoms with Crippen molar-refractivity contribution in [2.75, 3.05) is 19.4 Å². The van der Waals surface area contributed by atoms with Crippen LogP contribution in [0.4, 0.5) is 10.8 Å². The van der Waals surface area contributed by atoms with Crippen LogP contribution in [0.3, 0.4) is 0 Å². The minimum Gasteiger partial charge on any atom is -0.331 e. The van der Waals surface area contributed by atoms with Crippen molar-refractivity contribution < 1.29 is 8.42 Å². The van der Waals surface area contributed by atoms with E-state index >= 15 is 0 Å². The Hall–Kier alpha value is -2.75. The molecule has 0 atom stereocenters. The quantitative estimate of drug-likeness (QED) is 0.534. The van der Waals surface area contributed by atoms with Crippen LogP contribution in [0.1, 0.15) is 0 Å². The van der Waals surface area contributed by atoms with Crippen LogP contribution in [0.15, 0.2) is 58.9 Å². The molecule has 0 unspecified atom stereocenters. The third-order valence-electron chi connectivity index (χ3n) is 4.16. The van der Waals surface area contributed by atoms with Gasteiger partial charge in [0.25, 0.3) is 0 Å². The molecule has 0 aliphatic rings. The Bertz CT molecular complexity index is 1190. The minimum atomic E-state index is -3.43. The molecule has 0 aliphatic carbocycles. The number of nitrogens with one attached hydrogen (secondary N) is 2. The second kappa shape index (κ2) is 6.76. The zero-order chi connectivity index (χ0) is 19.0. The number of benzene rings is 2. The summed E-state index contributed by atoms with van der Waals surface area (Å²) >= 11 is 1.49. The number of sulfonamides is 1. The molecule has 0 amide bonds. The highest BCUT2D eigenvalue weighted by atomic mass is 32.2. The number of nitrogens with zero attached hydrogens (tertiary/aromatic N) is 3. The zero-order valence-corrected chi connectivity index (χ0v) is 16.3. The van der Waals surface area contributed by atoms with E-state index in [1.54, 1.807) is 30.5 Å². The molecule has 138 valence electrons. The standard InChI is InChI=1S/C18H17N5O2S2/c1-23(2)27(24,25)13-8-6-12(7-9-13)17-11-26-18(21-17)20-15-4-3-5-16-14(15)10-19-22-16/h3-11H,1-2H3,(H,19,22)(H,20,21). The number of thiazole rings is 1. The monoisotopic (exact) mass is 399 g/mol. The normalized spacial score (nSPS) is 12.0. The van der Waals surface area contributed by atoms with Crippen molar-refractivity contribution in [2.24, 2.45) is 0 Å². The highest BCUT2D eigenvalue weighted by Gasteiger charge is 2.17. The number of fused-ring (bicyclic) bond motifs is 1. The largest absolute Gasteiger partial charge is 0.331 e. The van der Waals surface area contributed by atoms with E-state index in [0.29, 0.717) is 0 Å². The van der Waals surface area contributed by atoms with E-state index in [9.17, 15) is 8.42 Å². The number of H-pyrrole nitrogens is 1. The molecule has 2 aromatic heterocycles. The van der Waals surface area contributed by atoms with Gasteiger partial charge in [-0.15, -0.1) is 11.3 Å². The van der Waals surface area contributed by atoms with Crippen molar-refractivity contribution >= 4 is 43.1 Å². The van der Waals surface area contributed by atoms with E-state index in [1.165, 1.54) is 29.7 Å². The van der Waals surface area contributed by atoms with Crippen LogP contribution in [0.25, 0.3) is 22.2 Å². The van der Waals surface area contributed by atoms with Gasteiger partial charge in [0, 0.05) is 30.4 Å². The van der Waals surface area contributed by atoms with E-state index in [-0.39, 0.29) is 4.90 Å². The number of hydrogen-bond acceptors (Lipinski definition) is 6. The lowest BCUT2D eigenvalue weighted by Gasteiger charge is -2.11. The van der Waals surface area contributed by atoms with Crippen LogP contribution in [-0.2, 0) is 10.0 Å². The topological polar surface area (TPSA) is 91.0 Å². The first kappa shape index (κ1) is 17.7. The predicted molar refractivity (Wildman–Crippen MR) is 108 cm³/mol. The second-order valence-corrected chi connectivity index (χ2v) is 9.12. The lowest BCUT2D eigenvalue weighted by Crippen LogP contribution is -2.22. The highest BCUT2D eigenvalue weighted by Crippen LogP contribution is 2.30. The van der Waals surface area contributed by atoms with Crippen LogP contribution in [0.5, 0.6) is 0 Å². The lowest BCUT2D eigenvalue weighted by atomic mass is 10.2. The van der Waals surface area contributed by atoms with Gasteiger partial charge in [-0.1, -0.05) is 18.2 Å². The molecule has 27 heavy (non-hydrogen) atoms. The van der Waals surface area contributed by atoms with E-state index in [2.05, 4.69) is 20.5 Å². The summed E-state index contributed by atoms with van der Waals surface area (Å²) in [5, 5.41) is 14.0.